The molecule has 15 heavy (non-hydrogen) atoms. The molecule has 0 heterocycles. The van der Waals surface area contributed by atoms with Crippen molar-refractivity contribution in [1.82, 2.24) is 0 Å². The van der Waals surface area contributed by atoms with Crippen molar-refractivity contribution in [2.24, 2.45) is 0 Å². The number of ether oxygens (including phenoxy) is 1. The van der Waals surface area contributed by atoms with Gasteiger partial charge in [-0.2, -0.15) is 0 Å². The van der Waals surface area contributed by atoms with Crippen LogP contribution >= 0.6 is 15.9 Å². The molecule has 82 valence electrons. The zero-order chi connectivity index (χ0) is 11.3. The summed E-state index contributed by atoms with van der Waals surface area (Å²) in [6.07, 6.45) is 0.863. The van der Waals surface area contributed by atoms with Crippen LogP contribution in [0.5, 0.6) is 0 Å². The third-order valence-corrected chi connectivity index (χ3v) is 2.53. The molecule has 0 radical (unpaired) electrons. The minimum absolute atomic E-state index is 0.249. The Hall–Kier alpha value is -0.670. The average molecular weight is 273 g/mol. The average Bonchev–Trinajstić information content (AvgIpc) is 2.18. The van der Waals surface area contributed by atoms with E-state index in [0.29, 0.717) is 17.7 Å². The van der Waals surface area contributed by atoms with Crippen LogP contribution in [0.2, 0.25) is 0 Å². The van der Waals surface area contributed by atoms with Crippen molar-refractivity contribution in [3.05, 3.63) is 46.2 Å². The van der Waals surface area contributed by atoms with Crippen molar-refractivity contribution < 1.29 is 9.13 Å². The molecule has 0 atom stereocenters. The molecule has 0 aliphatic carbocycles. The Kier molecular flexibility index (Phi) is 4.99. The van der Waals surface area contributed by atoms with Crippen molar-refractivity contribution >= 4 is 15.9 Å². The van der Waals surface area contributed by atoms with E-state index in [1.165, 1.54) is 6.07 Å². The van der Waals surface area contributed by atoms with Gasteiger partial charge in [-0.1, -0.05) is 11.6 Å². The van der Waals surface area contributed by atoms with Gasteiger partial charge in [-0.05, 0) is 47.0 Å². The van der Waals surface area contributed by atoms with Crippen LogP contribution in [0.1, 0.15) is 18.9 Å². The van der Waals surface area contributed by atoms with Crippen LogP contribution in [0.25, 0.3) is 0 Å². The first-order valence-corrected chi connectivity index (χ1v) is 5.55. The Morgan fingerprint density at radius 3 is 2.87 bits per heavy atom. The molecular formula is C12H14BrFO. The van der Waals surface area contributed by atoms with E-state index in [0.717, 1.165) is 17.6 Å². The summed E-state index contributed by atoms with van der Waals surface area (Å²) in [5.41, 5.74) is 2.07. The first-order valence-electron chi connectivity index (χ1n) is 4.75. The fourth-order valence-corrected chi connectivity index (χ4v) is 1.49. The van der Waals surface area contributed by atoms with E-state index in [-0.39, 0.29) is 5.82 Å². The van der Waals surface area contributed by atoms with E-state index in [2.05, 4.69) is 22.5 Å². The second-order valence-corrected chi connectivity index (χ2v) is 4.36. The lowest BCUT2D eigenvalue weighted by Crippen LogP contribution is -1.96. The highest BCUT2D eigenvalue weighted by Gasteiger charge is 2.00. The second-order valence-electron chi connectivity index (χ2n) is 3.51. The Morgan fingerprint density at radius 1 is 1.53 bits per heavy atom. The van der Waals surface area contributed by atoms with Crippen LogP contribution in [0.15, 0.2) is 34.8 Å². The highest BCUT2D eigenvalue weighted by Crippen LogP contribution is 2.17. The fourth-order valence-electron chi connectivity index (χ4n) is 1.07. The van der Waals surface area contributed by atoms with Gasteiger partial charge in [0.05, 0.1) is 17.7 Å². The molecule has 0 unspecified atom stereocenters. The van der Waals surface area contributed by atoms with E-state index >= 15 is 0 Å². The number of halogens is 2. The van der Waals surface area contributed by atoms with Crippen LogP contribution < -0.4 is 0 Å². The molecule has 0 spiro atoms. The van der Waals surface area contributed by atoms with Gasteiger partial charge in [-0.3, -0.25) is 0 Å². The highest BCUT2D eigenvalue weighted by molar-refractivity contribution is 9.10. The summed E-state index contributed by atoms with van der Waals surface area (Å²) in [5.74, 6) is -0.249. The van der Waals surface area contributed by atoms with Gasteiger partial charge in [0.25, 0.3) is 0 Å². The first kappa shape index (κ1) is 12.4. The molecule has 0 N–H and O–H groups in total. The van der Waals surface area contributed by atoms with Gasteiger partial charge < -0.3 is 4.74 Å². The summed E-state index contributed by atoms with van der Waals surface area (Å²) in [7, 11) is 0. The Balaban J connectivity index is 2.38. The van der Waals surface area contributed by atoms with Crippen molar-refractivity contribution in [3.63, 3.8) is 0 Å². The summed E-state index contributed by atoms with van der Waals surface area (Å²) in [6, 6.07) is 4.89. The molecule has 0 aliphatic heterocycles. The normalized spacial score (nSPS) is 10.3. The Bertz CT molecular complexity index is 349. The van der Waals surface area contributed by atoms with Gasteiger partial charge in [0, 0.05) is 0 Å². The molecule has 1 aromatic rings. The minimum Gasteiger partial charge on any atom is -0.376 e. The molecule has 0 bridgehead atoms. The van der Waals surface area contributed by atoms with E-state index < -0.39 is 0 Å². The van der Waals surface area contributed by atoms with Gasteiger partial charge in [0.1, 0.15) is 5.82 Å². The zero-order valence-electron chi connectivity index (χ0n) is 8.72. The summed E-state index contributed by atoms with van der Waals surface area (Å²) in [4.78, 5) is 0. The van der Waals surface area contributed by atoms with E-state index in [4.69, 9.17) is 4.74 Å². The minimum atomic E-state index is -0.249. The van der Waals surface area contributed by atoms with Crippen molar-refractivity contribution in [2.75, 3.05) is 6.61 Å². The van der Waals surface area contributed by atoms with Gasteiger partial charge in [0.15, 0.2) is 0 Å². The van der Waals surface area contributed by atoms with Crippen molar-refractivity contribution in [2.45, 2.75) is 20.0 Å². The smallest absolute Gasteiger partial charge is 0.137 e. The van der Waals surface area contributed by atoms with E-state index in [1.54, 1.807) is 12.1 Å². The van der Waals surface area contributed by atoms with Crippen molar-refractivity contribution in [1.29, 1.82) is 0 Å². The molecule has 1 nitrogen and oxygen atoms in total. The number of hydrogen-bond donors (Lipinski definition) is 0. The van der Waals surface area contributed by atoms with Crippen molar-refractivity contribution in [3.8, 4) is 0 Å². The third kappa shape index (κ3) is 4.58. The quantitative estimate of drug-likeness (QED) is 0.580. The Morgan fingerprint density at radius 2 is 2.27 bits per heavy atom. The molecule has 0 saturated carbocycles. The lowest BCUT2D eigenvalue weighted by atomic mass is 10.2. The number of hydrogen-bond acceptors (Lipinski definition) is 1. The zero-order valence-corrected chi connectivity index (χ0v) is 10.3. The van der Waals surface area contributed by atoms with Gasteiger partial charge in [0.2, 0.25) is 0 Å². The number of benzene rings is 1. The monoisotopic (exact) mass is 272 g/mol. The predicted molar refractivity (Wildman–Crippen MR) is 63.2 cm³/mol. The third-order valence-electron chi connectivity index (χ3n) is 1.93. The largest absolute Gasteiger partial charge is 0.376 e. The maximum atomic E-state index is 12.9. The summed E-state index contributed by atoms with van der Waals surface area (Å²) >= 11 is 3.13. The molecule has 1 aromatic carbocycles. The Labute approximate surface area is 98.1 Å². The van der Waals surface area contributed by atoms with Gasteiger partial charge in [-0.25, -0.2) is 4.39 Å². The van der Waals surface area contributed by atoms with Crippen LogP contribution in [0, 0.1) is 5.82 Å². The molecular weight excluding hydrogens is 259 g/mol. The maximum absolute atomic E-state index is 12.9. The standard InChI is InChI=1S/C12H14BrFO/c1-9(2)5-6-15-8-10-3-4-12(14)11(13)7-10/h3-4,7H,1,5-6,8H2,2H3. The van der Waals surface area contributed by atoms with Crippen LogP contribution in [-0.4, -0.2) is 6.61 Å². The lowest BCUT2D eigenvalue weighted by molar-refractivity contribution is 0.124. The topological polar surface area (TPSA) is 9.23 Å². The van der Waals surface area contributed by atoms with Gasteiger partial charge in [-0.15, -0.1) is 6.58 Å². The molecule has 0 amide bonds. The maximum Gasteiger partial charge on any atom is 0.137 e. The molecule has 0 fully saturated rings. The summed E-state index contributed by atoms with van der Waals surface area (Å²) < 4.78 is 18.8. The molecule has 0 aliphatic rings. The summed E-state index contributed by atoms with van der Waals surface area (Å²) in [6.45, 7) is 6.92. The number of rotatable bonds is 5. The SMILES string of the molecule is C=C(C)CCOCc1ccc(F)c(Br)c1. The van der Waals surface area contributed by atoms with Crippen LogP contribution in [0.4, 0.5) is 4.39 Å². The van der Waals surface area contributed by atoms with E-state index in [1.807, 2.05) is 6.92 Å². The van der Waals surface area contributed by atoms with E-state index in [9.17, 15) is 4.39 Å². The molecule has 0 aromatic heterocycles. The highest BCUT2D eigenvalue weighted by atomic mass is 79.9. The molecule has 3 heteroatoms. The first-order chi connectivity index (χ1) is 7.09. The lowest BCUT2D eigenvalue weighted by Gasteiger charge is -2.05. The molecule has 1 rings (SSSR count). The fraction of sp³-hybridized carbons (Fsp3) is 0.333. The predicted octanol–water partition coefficient (Wildman–Crippen LogP) is 4.07. The second kappa shape index (κ2) is 6.03. The van der Waals surface area contributed by atoms with Crippen LogP contribution in [-0.2, 0) is 11.3 Å². The van der Waals surface area contributed by atoms with Gasteiger partial charge >= 0.3 is 0 Å². The molecule has 0 saturated heterocycles. The van der Waals surface area contributed by atoms with Crippen LogP contribution in [0.3, 0.4) is 0 Å². The summed E-state index contributed by atoms with van der Waals surface area (Å²) in [5, 5.41) is 0.